The molecule has 12 nitrogen and oxygen atoms in total. The van der Waals surface area contributed by atoms with Crippen LogP contribution < -0.4 is 19.7 Å². The van der Waals surface area contributed by atoms with E-state index >= 15 is 0 Å². The van der Waals surface area contributed by atoms with Crippen molar-refractivity contribution in [3.8, 4) is 22.8 Å². The van der Waals surface area contributed by atoms with Gasteiger partial charge in [0.25, 0.3) is 0 Å². The highest BCUT2D eigenvalue weighted by molar-refractivity contribution is 5.98. The number of rotatable bonds is 11. The van der Waals surface area contributed by atoms with Crippen LogP contribution in [0.1, 0.15) is 61.3 Å². The number of anilines is 3. The molecule has 2 aromatic carbocycles. The van der Waals surface area contributed by atoms with Crippen LogP contribution in [-0.2, 0) is 11.8 Å². The van der Waals surface area contributed by atoms with Gasteiger partial charge in [-0.2, -0.15) is 10.1 Å². The number of nitrogens with zero attached hydrogens (tertiary/aromatic N) is 7. The Kier molecular flexibility index (Phi) is 9.68. The van der Waals surface area contributed by atoms with E-state index < -0.39 is 0 Å². The van der Waals surface area contributed by atoms with Crippen molar-refractivity contribution in [2.45, 2.75) is 51.0 Å². The molecular weight excluding hydrogens is 632 g/mol. The Labute approximate surface area is 292 Å². The maximum absolute atomic E-state index is 13.0. The van der Waals surface area contributed by atoms with Crippen LogP contribution in [-0.4, -0.2) is 81.3 Å². The maximum atomic E-state index is 13.0. The van der Waals surface area contributed by atoms with E-state index in [2.05, 4.69) is 43.2 Å². The standard InChI is InChI=1S/C38H44N8O4/c1-43-25-28(24-40-43)33-21-27-23-39-38(42-37(27)46(33)29-7-5-4-6-8-29)41-32-14-11-30(22-35(32)50-3)44-17-19-45(20-18-44)36(48)16-15-34(47)26-9-12-31(49-2)13-10-26/h9-14,21-25,29H,4-8,15-20H2,1-3H3,(H,39,41,42). The second-order valence-corrected chi connectivity index (χ2v) is 13.1. The Morgan fingerprint density at radius 2 is 1.68 bits per heavy atom. The smallest absolute Gasteiger partial charge is 0.229 e. The summed E-state index contributed by atoms with van der Waals surface area (Å²) in [6.07, 6.45) is 12.2. The lowest BCUT2D eigenvalue weighted by Gasteiger charge is -2.36. The minimum Gasteiger partial charge on any atom is -0.497 e. The zero-order valence-corrected chi connectivity index (χ0v) is 29.0. The number of benzene rings is 2. The van der Waals surface area contributed by atoms with Gasteiger partial charge in [0, 0.05) is 92.8 Å². The first-order chi connectivity index (χ1) is 24.4. The number of Topliss-reactive ketones (excluding diaryl/α,β-unsaturated/α-hetero) is 1. The summed E-state index contributed by atoms with van der Waals surface area (Å²) >= 11 is 0. The molecule has 2 aliphatic rings. The van der Waals surface area contributed by atoms with Gasteiger partial charge in [-0.05, 0) is 55.3 Å². The first kappa shape index (κ1) is 33.1. The number of amides is 1. The summed E-state index contributed by atoms with van der Waals surface area (Å²) in [6, 6.07) is 15.6. The van der Waals surface area contributed by atoms with Crippen LogP contribution in [0.25, 0.3) is 22.3 Å². The summed E-state index contributed by atoms with van der Waals surface area (Å²) in [5.41, 5.74) is 5.49. The normalized spacial score (nSPS) is 15.3. The number of ether oxygens (including phenoxy) is 2. The van der Waals surface area contributed by atoms with Crippen LogP contribution in [0, 0.1) is 0 Å². The number of fused-ring (bicyclic) bond motifs is 1. The number of carbonyl (C=O) groups is 2. The highest BCUT2D eigenvalue weighted by Crippen LogP contribution is 2.38. The predicted octanol–water partition coefficient (Wildman–Crippen LogP) is 6.41. The molecule has 1 saturated carbocycles. The number of ketones is 1. The Hall–Kier alpha value is -5.39. The fourth-order valence-corrected chi connectivity index (χ4v) is 7.17. The largest absolute Gasteiger partial charge is 0.497 e. The highest BCUT2D eigenvalue weighted by atomic mass is 16.5. The summed E-state index contributed by atoms with van der Waals surface area (Å²) in [7, 11) is 5.19. The van der Waals surface area contributed by atoms with Crippen molar-refractivity contribution >= 4 is 40.0 Å². The summed E-state index contributed by atoms with van der Waals surface area (Å²) in [5.74, 6) is 1.85. The highest BCUT2D eigenvalue weighted by Gasteiger charge is 2.25. The van der Waals surface area contributed by atoms with E-state index in [1.807, 2.05) is 41.2 Å². The summed E-state index contributed by atoms with van der Waals surface area (Å²) in [6.45, 7) is 2.55. The van der Waals surface area contributed by atoms with E-state index in [1.165, 1.54) is 19.3 Å². The first-order valence-electron chi connectivity index (χ1n) is 17.4. The Morgan fingerprint density at radius 3 is 2.38 bits per heavy atom. The number of methoxy groups -OCH3 is 2. The Balaban J connectivity index is 1.01. The third-order valence-corrected chi connectivity index (χ3v) is 9.92. The lowest BCUT2D eigenvalue weighted by atomic mass is 9.95. The molecule has 1 saturated heterocycles. The van der Waals surface area contributed by atoms with Crippen molar-refractivity contribution < 1.29 is 19.1 Å². The van der Waals surface area contributed by atoms with Crippen molar-refractivity contribution in [2.75, 3.05) is 50.6 Å². The van der Waals surface area contributed by atoms with Crippen molar-refractivity contribution in [3.63, 3.8) is 0 Å². The molecule has 3 aromatic heterocycles. The molecule has 2 fully saturated rings. The molecule has 12 heteroatoms. The number of hydrogen-bond acceptors (Lipinski definition) is 9. The van der Waals surface area contributed by atoms with Gasteiger partial charge < -0.3 is 29.2 Å². The molecule has 0 radical (unpaired) electrons. The average molecular weight is 677 g/mol. The molecule has 0 unspecified atom stereocenters. The van der Waals surface area contributed by atoms with Crippen LogP contribution in [0.15, 0.2) is 67.1 Å². The van der Waals surface area contributed by atoms with E-state index in [-0.39, 0.29) is 24.5 Å². The third-order valence-electron chi connectivity index (χ3n) is 9.92. The molecule has 7 rings (SSSR count). The molecule has 1 aliphatic carbocycles. The summed E-state index contributed by atoms with van der Waals surface area (Å²) < 4.78 is 15.2. The van der Waals surface area contributed by atoms with E-state index in [4.69, 9.17) is 14.5 Å². The average Bonchev–Trinajstić information content (AvgIpc) is 3.77. The molecule has 1 aliphatic heterocycles. The molecule has 4 heterocycles. The number of carbonyl (C=O) groups excluding carboxylic acids is 2. The van der Waals surface area contributed by atoms with Crippen molar-refractivity contribution in [3.05, 3.63) is 72.7 Å². The number of hydrogen-bond donors (Lipinski definition) is 1. The van der Waals surface area contributed by atoms with Gasteiger partial charge in [-0.3, -0.25) is 14.3 Å². The number of aromatic nitrogens is 5. The molecule has 260 valence electrons. The lowest BCUT2D eigenvalue weighted by Crippen LogP contribution is -2.48. The van der Waals surface area contributed by atoms with Crippen LogP contribution in [0.3, 0.4) is 0 Å². The molecule has 0 spiro atoms. The molecule has 0 atom stereocenters. The van der Waals surface area contributed by atoms with Crippen LogP contribution >= 0.6 is 0 Å². The second-order valence-electron chi connectivity index (χ2n) is 13.1. The topological polar surface area (TPSA) is 120 Å². The van der Waals surface area contributed by atoms with Crippen LogP contribution in [0.2, 0.25) is 0 Å². The minimum atomic E-state index is -0.0431. The van der Waals surface area contributed by atoms with Gasteiger partial charge in [-0.1, -0.05) is 19.3 Å². The van der Waals surface area contributed by atoms with Crippen LogP contribution in [0.5, 0.6) is 11.5 Å². The zero-order valence-electron chi connectivity index (χ0n) is 29.0. The van der Waals surface area contributed by atoms with E-state index in [0.29, 0.717) is 55.2 Å². The third kappa shape index (κ3) is 7.01. The van der Waals surface area contributed by atoms with E-state index in [1.54, 1.807) is 38.5 Å². The van der Waals surface area contributed by atoms with E-state index in [0.717, 1.165) is 46.5 Å². The number of nitrogens with one attached hydrogen (secondary N) is 1. The molecule has 1 amide bonds. The Bertz CT molecular complexity index is 1970. The van der Waals surface area contributed by atoms with Gasteiger partial charge >= 0.3 is 0 Å². The second kappa shape index (κ2) is 14.6. The molecule has 1 N–H and O–H groups in total. The van der Waals surface area contributed by atoms with Crippen molar-refractivity contribution in [2.24, 2.45) is 7.05 Å². The van der Waals surface area contributed by atoms with Gasteiger partial charge in [0.15, 0.2) is 5.78 Å². The van der Waals surface area contributed by atoms with E-state index in [9.17, 15) is 9.59 Å². The van der Waals surface area contributed by atoms with Gasteiger partial charge in [0.05, 0.1) is 31.8 Å². The Morgan fingerprint density at radius 1 is 0.900 bits per heavy atom. The quantitative estimate of drug-likeness (QED) is 0.158. The summed E-state index contributed by atoms with van der Waals surface area (Å²) in [4.78, 5) is 39.4. The minimum absolute atomic E-state index is 0.00259. The fraction of sp³-hybridized carbons (Fsp3) is 0.395. The maximum Gasteiger partial charge on any atom is 0.229 e. The first-order valence-corrected chi connectivity index (χ1v) is 17.4. The van der Waals surface area contributed by atoms with Crippen LogP contribution in [0.4, 0.5) is 17.3 Å². The molecular formula is C38H44N8O4. The molecule has 50 heavy (non-hydrogen) atoms. The lowest BCUT2D eigenvalue weighted by molar-refractivity contribution is -0.131. The van der Waals surface area contributed by atoms with Gasteiger partial charge in [0.1, 0.15) is 17.1 Å². The number of piperazine rings is 1. The predicted molar refractivity (Wildman–Crippen MR) is 193 cm³/mol. The molecule has 0 bridgehead atoms. The van der Waals surface area contributed by atoms with Gasteiger partial charge in [-0.15, -0.1) is 0 Å². The monoisotopic (exact) mass is 676 g/mol. The number of aryl methyl sites for hydroxylation is 1. The van der Waals surface area contributed by atoms with Gasteiger partial charge in [-0.25, -0.2) is 4.98 Å². The summed E-state index contributed by atoms with van der Waals surface area (Å²) in [5, 5.41) is 8.84. The zero-order chi connectivity index (χ0) is 34.6. The molecule has 5 aromatic rings. The van der Waals surface area contributed by atoms with Crippen molar-refractivity contribution in [1.29, 1.82) is 0 Å². The van der Waals surface area contributed by atoms with Gasteiger partial charge in [0.2, 0.25) is 11.9 Å². The van der Waals surface area contributed by atoms with Crippen molar-refractivity contribution in [1.82, 2.24) is 29.2 Å². The fourth-order valence-electron chi connectivity index (χ4n) is 7.17. The SMILES string of the molecule is COc1ccc(C(=O)CCC(=O)N2CCN(c3ccc(Nc4ncc5cc(-c6cnn(C)c6)n(C6CCCCC6)c5n4)c(OC)c3)CC2)cc1.